The summed E-state index contributed by atoms with van der Waals surface area (Å²) < 4.78 is 0. The maximum atomic E-state index is 5.54. The van der Waals surface area contributed by atoms with Gasteiger partial charge in [0.25, 0.3) is 0 Å². The van der Waals surface area contributed by atoms with Crippen LogP contribution in [0.15, 0.2) is 18.3 Å². The van der Waals surface area contributed by atoms with Crippen LogP contribution in [0.3, 0.4) is 0 Å². The largest absolute Gasteiger partial charge is 0.354 e. The van der Waals surface area contributed by atoms with Crippen LogP contribution in [0.25, 0.3) is 0 Å². The second-order valence-electron chi connectivity index (χ2n) is 5.18. The molecule has 0 bridgehead atoms. The van der Waals surface area contributed by atoms with Gasteiger partial charge >= 0.3 is 0 Å². The number of anilines is 1. The molecule has 2 heterocycles. The molecule has 1 fully saturated rings. The van der Waals surface area contributed by atoms with E-state index in [1.54, 1.807) is 0 Å². The molecule has 1 saturated heterocycles. The van der Waals surface area contributed by atoms with Gasteiger partial charge in [0.05, 0.1) is 0 Å². The highest BCUT2D eigenvalue weighted by Crippen LogP contribution is 2.15. The lowest BCUT2D eigenvalue weighted by Crippen LogP contribution is -2.49. The third kappa shape index (κ3) is 3.21. The zero-order valence-electron chi connectivity index (χ0n) is 11.5. The fourth-order valence-electron chi connectivity index (χ4n) is 2.39. The van der Waals surface area contributed by atoms with Crippen molar-refractivity contribution in [3.8, 4) is 0 Å². The molecule has 1 aromatic rings. The van der Waals surface area contributed by atoms with Crippen LogP contribution in [0.1, 0.15) is 19.4 Å². The SMILES string of the molecule is CC(C)N1CCN(c2ccc(CCN)cn2)CC1. The highest BCUT2D eigenvalue weighted by molar-refractivity contribution is 5.40. The number of nitrogens with two attached hydrogens (primary N) is 1. The third-order valence-electron chi connectivity index (χ3n) is 3.61. The van der Waals surface area contributed by atoms with Gasteiger partial charge in [0.15, 0.2) is 0 Å². The zero-order valence-corrected chi connectivity index (χ0v) is 11.5. The number of hydrogen-bond donors (Lipinski definition) is 1. The highest BCUT2D eigenvalue weighted by atomic mass is 15.3. The van der Waals surface area contributed by atoms with Gasteiger partial charge in [-0.05, 0) is 38.4 Å². The molecule has 0 atom stereocenters. The maximum absolute atomic E-state index is 5.54. The lowest BCUT2D eigenvalue weighted by atomic mass is 10.2. The topological polar surface area (TPSA) is 45.4 Å². The van der Waals surface area contributed by atoms with Gasteiger partial charge in [-0.3, -0.25) is 4.90 Å². The summed E-state index contributed by atoms with van der Waals surface area (Å²) in [6, 6.07) is 4.91. The number of aromatic nitrogens is 1. The fourth-order valence-corrected chi connectivity index (χ4v) is 2.39. The lowest BCUT2D eigenvalue weighted by molar-refractivity contribution is 0.209. The molecule has 0 saturated carbocycles. The summed E-state index contributed by atoms with van der Waals surface area (Å²) in [6.45, 7) is 9.61. The Morgan fingerprint density at radius 2 is 1.94 bits per heavy atom. The Morgan fingerprint density at radius 1 is 1.22 bits per heavy atom. The molecule has 4 nitrogen and oxygen atoms in total. The molecule has 0 radical (unpaired) electrons. The summed E-state index contributed by atoms with van der Waals surface area (Å²) in [5, 5.41) is 0. The van der Waals surface area contributed by atoms with Crippen LogP contribution in [0.2, 0.25) is 0 Å². The van der Waals surface area contributed by atoms with Crippen molar-refractivity contribution in [2.45, 2.75) is 26.3 Å². The molecule has 0 amide bonds. The van der Waals surface area contributed by atoms with E-state index >= 15 is 0 Å². The Hall–Kier alpha value is -1.13. The molecule has 0 aromatic carbocycles. The van der Waals surface area contributed by atoms with E-state index in [1.807, 2.05) is 6.20 Å². The summed E-state index contributed by atoms with van der Waals surface area (Å²) in [4.78, 5) is 9.42. The number of hydrogen-bond acceptors (Lipinski definition) is 4. The number of piperazine rings is 1. The average Bonchev–Trinajstić information content (AvgIpc) is 2.40. The van der Waals surface area contributed by atoms with Gasteiger partial charge in [-0.1, -0.05) is 6.07 Å². The van der Waals surface area contributed by atoms with E-state index < -0.39 is 0 Å². The van der Waals surface area contributed by atoms with Crippen LogP contribution in [-0.4, -0.2) is 48.6 Å². The number of pyridine rings is 1. The molecule has 1 aliphatic rings. The second-order valence-corrected chi connectivity index (χ2v) is 5.18. The molecular weight excluding hydrogens is 224 g/mol. The molecule has 2 rings (SSSR count). The monoisotopic (exact) mass is 248 g/mol. The molecular formula is C14H24N4. The number of nitrogens with zero attached hydrogens (tertiary/aromatic N) is 3. The van der Waals surface area contributed by atoms with Crippen molar-refractivity contribution in [2.75, 3.05) is 37.6 Å². The summed E-state index contributed by atoms with van der Waals surface area (Å²) in [5.41, 5.74) is 6.77. The van der Waals surface area contributed by atoms with Crippen molar-refractivity contribution in [2.24, 2.45) is 5.73 Å². The first-order valence-corrected chi connectivity index (χ1v) is 6.84. The molecule has 4 heteroatoms. The Labute approximate surface area is 110 Å². The first kappa shape index (κ1) is 13.3. The van der Waals surface area contributed by atoms with Crippen LogP contribution < -0.4 is 10.6 Å². The van der Waals surface area contributed by atoms with E-state index in [2.05, 4.69) is 40.8 Å². The first-order chi connectivity index (χ1) is 8.70. The molecule has 1 aromatic heterocycles. The predicted molar refractivity (Wildman–Crippen MR) is 75.9 cm³/mol. The summed E-state index contributed by atoms with van der Waals surface area (Å²) in [7, 11) is 0. The summed E-state index contributed by atoms with van der Waals surface area (Å²) >= 11 is 0. The van der Waals surface area contributed by atoms with Gasteiger partial charge in [-0.25, -0.2) is 4.98 Å². The van der Waals surface area contributed by atoms with Crippen molar-refractivity contribution in [1.82, 2.24) is 9.88 Å². The first-order valence-electron chi connectivity index (χ1n) is 6.84. The molecule has 2 N–H and O–H groups in total. The van der Waals surface area contributed by atoms with E-state index in [-0.39, 0.29) is 0 Å². The van der Waals surface area contributed by atoms with Crippen LogP contribution in [0.4, 0.5) is 5.82 Å². The lowest BCUT2D eigenvalue weighted by Gasteiger charge is -2.37. The van der Waals surface area contributed by atoms with Crippen molar-refractivity contribution >= 4 is 5.82 Å². The summed E-state index contributed by atoms with van der Waals surface area (Å²) in [6.07, 6.45) is 2.87. The van der Waals surface area contributed by atoms with Gasteiger partial charge in [0.2, 0.25) is 0 Å². The van der Waals surface area contributed by atoms with E-state index in [1.165, 1.54) is 5.56 Å². The maximum Gasteiger partial charge on any atom is 0.128 e. The van der Waals surface area contributed by atoms with Gasteiger partial charge < -0.3 is 10.6 Å². The standard InChI is InChI=1S/C14H24N4/c1-12(2)17-7-9-18(10-8-17)14-4-3-13(5-6-15)11-16-14/h3-4,11-12H,5-10,15H2,1-2H3. The van der Waals surface area contributed by atoms with Crippen molar-refractivity contribution in [3.63, 3.8) is 0 Å². The van der Waals surface area contributed by atoms with Crippen molar-refractivity contribution < 1.29 is 0 Å². The predicted octanol–water partition coefficient (Wildman–Crippen LogP) is 1.11. The van der Waals surface area contributed by atoms with Gasteiger partial charge in [0, 0.05) is 38.4 Å². The van der Waals surface area contributed by atoms with Crippen LogP contribution in [0, 0.1) is 0 Å². The van der Waals surface area contributed by atoms with Gasteiger partial charge in [-0.2, -0.15) is 0 Å². The minimum absolute atomic E-state index is 0.645. The molecule has 0 aliphatic carbocycles. The quantitative estimate of drug-likeness (QED) is 0.867. The average molecular weight is 248 g/mol. The smallest absolute Gasteiger partial charge is 0.128 e. The van der Waals surface area contributed by atoms with E-state index in [9.17, 15) is 0 Å². The Balaban J connectivity index is 1.93. The second kappa shape index (κ2) is 6.16. The van der Waals surface area contributed by atoms with E-state index in [0.29, 0.717) is 12.6 Å². The minimum atomic E-state index is 0.645. The summed E-state index contributed by atoms with van der Waals surface area (Å²) in [5.74, 6) is 1.10. The van der Waals surface area contributed by atoms with Crippen molar-refractivity contribution in [3.05, 3.63) is 23.9 Å². The Bertz CT molecular complexity index is 353. The number of rotatable bonds is 4. The molecule has 100 valence electrons. The third-order valence-corrected chi connectivity index (χ3v) is 3.61. The van der Waals surface area contributed by atoms with Gasteiger partial charge in [0.1, 0.15) is 5.82 Å². The minimum Gasteiger partial charge on any atom is -0.354 e. The van der Waals surface area contributed by atoms with Crippen LogP contribution in [0.5, 0.6) is 0 Å². The molecule has 0 spiro atoms. The van der Waals surface area contributed by atoms with Gasteiger partial charge in [-0.15, -0.1) is 0 Å². The van der Waals surface area contributed by atoms with Crippen molar-refractivity contribution in [1.29, 1.82) is 0 Å². The zero-order chi connectivity index (χ0) is 13.0. The highest BCUT2D eigenvalue weighted by Gasteiger charge is 2.19. The van der Waals surface area contributed by atoms with Crippen LogP contribution >= 0.6 is 0 Å². The fraction of sp³-hybridized carbons (Fsp3) is 0.643. The Morgan fingerprint density at radius 3 is 2.44 bits per heavy atom. The van der Waals surface area contributed by atoms with E-state index in [4.69, 9.17) is 5.73 Å². The molecule has 0 unspecified atom stereocenters. The molecule has 1 aliphatic heterocycles. The normalized spacial score (nSPS) is 17.4. The van der Waals surface area contributed by atoms with E-state index in [0.717, 1.165) is 38.4 Å². The molecule has 18 heavy (non-hydrogen) atoms. The van der Waals surface area contributed by atoms with Crippen LogP contribution in [-0.2, 0) is 6.42 Å². The Kier molecular flexibility index (Phi) is 4.55.